The van der Waals surface area contributed by atoms with Gasteiger partial charge in [-0.15, -0.1) is 0 Å². The van der Waals surface area contributed by atoms with Crippen LogP contribution in [0.2, 0.25) is 5.02 Å². The molecule has 1 aromatic rings. The fraction of sp³-hybridized carbons (Fsp3) is 0.533. The Morgan fingerprint density at radius 3 is 2.86 bits per heavy atom. The third kappa shape index (κ3) is 5.91. The van der Waals surface area contributed by atoms with Crippen molar-refractivity contribution in [3.8, 4) is 0 Å². The van der Waals surface area contributed by atoms with Crippen molar-refractivity contribution < 1.29 is 14.6 Å². The number of carbonyl (C=O) groups is 1. The predicted molar refractivity (Wildman–Crippen MR) is 82.7 cm³/mol. The second-order valence-corrected chi connectivity index (χ2v) is 5.69. The Labute approximate surface area is 129 Å². The summed E-state index contributed by atoms with van der Waals surface area (Å²) in [5.74, 6) is 0. The number of nitrogens with zero attached hydrogens (tertiary/aromatic N) is 1. The Morgan fingerprint density at radius 2 is 2.14 bits per heavy atom. The average molecular weight is 313 g/mol. The van der Waals surface area contributed by atoms with Gasteiger partial charge in [0, 0.05) is 17.3 Å². The summed E-state index contributed by atoms with van der Waals surface area (Å²) in [6.45, 7) is 2.55. The lowest BCUT2D eigenvalue weighted by Crippen LogP contribution is -2.38. The highest BCUT2D eigenvalue weighted by atomic mass is 35.5. The Hall–Kier alpha value is -1.30. The fourth-order valence-electron chi connectivity index (χ4n) is 2.38. The molecule has 0 aliphatic carbocycles. The molecule has 1 saturated heterocycles. The zero-order chi connectivity index (χ0) is 15.1. The average Bonchev–Trinajstić information content (AvgIpc) is 2.46. The molecule has 5 nitrogen and oxygen atoms in total. The summed E-state index contributed by atoms with van der Waals surface area (Å²) in [6, 6.07) is 6.81. The lowest BCUT2D eigenvalue weighted by Gasteiger charge is -2.28. The fourth-order valence-corrected chi connectivity index (χ4v) is 2.58. The van der Waals surface area contributed by atoms with E-state index in [1.54, 1.807) is 24.3 Å². The molecule has 6 heteroatoms. The van der Waals surface area contributed by atoms with Crippen molar-refractivity contribution in [2.75, 3.05) is 31.6 Å². The van der Waals surface area contributed by atoms with Crippen LogP contribution in [-0.2, 0) is 4.74 Å². The summed E-state index contributed by atoms with van der Waals surface area (Å²) < 4.78 is 5.02. The number of hydrogen-bond donors (Lipinski definition) is 2. The quantitative estimate of drug-likeness (QED) is 0.877. The molecule has 2 N–H and O–H groups in total. The zero-order valence-electron chi connectivity index (χ0n) is 11.9. The van der Waals surface area contributed by atoms with Crippen LogP contribution in [0.3, 0.4) is 0 Å². The summed E-state index contributed by atoms with van der Waals surface area (Å²) in [5, 5.41) is 13.0. The maximum atomic E-state index is 11.6. The number of hydrogen-bond acceptors (Lipinski definition) is 4. The molecule has 0 aromatic heterocycles. The summed E-state index contributed by atoms with van der Waals surface area (Å²) in [5.41, 5.74) is 0.568. The monoisotopic (exact) mass is 312 g/mol. The zero-order valence-corrected chi connectivity index (χ0v) is 12.7. The van der Waals surface area contributed by atoms with Gasteiger partial charge in [-0.1, -0.05) is 24.1 Å². The number of likely N-dealkylation sites (tertiary alicyclic amines) is 1. The van der Waals surface area contributed by atoms with Crippen LogP contribution in [0, 0.1) is 0 Å². The Balaban J connectivity index is 1.68. The molecule has 0 saturated carbocycles. The van der Waals surface area contributed by atoms with Gasteiger partial charge in [0.2, 0.25) is 0 Å². The number of anilines is 1. The molecular weight excluding hydrogens is 292 g/mol. The molecule has 1 aliphatic rings. The molecule has 1 heterocycles. The number of carbonyl (C=O) groups excluding carboxylic acids is 1. The van der Waals surface area contributed by atoms with Gasteiger partial charge in [-0.25, -0.2) is 4.79 Å². The molecule has 0 spiro atoms. The van der Waals surface area contributed by atoms with Crippen LogP contribution in [0.25, 0.3) is 0 Å². The van der Waals surface area contributed by atoms with Crippen LogP contribution < -0.4 is 5.32 Å². The SMILES string of the molecule is O=C(Nc1cccc(Cl)c1)OC[C@@H](O)CN1CCCCC1. The van der Waals surface area contributed by atoms with E-state index in [-0.39, 0.29) is 6.61 Å². The number of rotatable bonds is 5. The third-order valence-corrected chi connectivity index (χ3v) is 3.63. The van der Waals surface area contributed by atoms with E-state index in [2.05, 4.69) is 10.2 Å². The second kappa shape index (κ2) is 8.22. The van der Waals surface area contributed by atoms with Gasteiger partial charge in [-0.3, -0.25) is 5.32 Å². The van der Waals surface area contributed by atoms with Gasteiger partial charge >= 0.3 is 6.09 Å². The number of benzene rings is 1. The number of nitrogens with one attached hydrogen (secondary N) is 1. The first-order chi connectivity index (χ1) is 10.1. The molecule has 1 fully saturated rings. The van der Waals surface area contributed by atoms with E-state index < -0.39 is 12.2 Å². The van der Waals surface area contributed by atoms with Crippen LogP contribution in [0.15, 0.2) is 24.3 Å². The number of ether oxygens (including phenoxy) is 1. The van der Waals surface area contributed by atoms with Crippen molar-refractivity contribution in [1.29, 1.82) is 0 Å². The molecule has 116 valence electrons. The van der Waals surface area contributed by atoms with E-state index in [0.29, 0.717) is 17.3 Å². The smallest absolute Gasteiger partial charge is 0.411 e. The van der Waals surface area contributed by atoms with Crippen molar-refractivity contribution in [1.82, 2.24) is 4.90 Å². The largest absolute Gasteiger partial charge is 0.447 e. The van der Waals surface area contributed by atoms with Crippen LogP contribution in [0.1, 0.15) is 19.3 Å². The number of halogens is 1. The summed E-state index contributed by atoms with van der Waals surface area (Å²) in [6.07, 6.45) is 2.35. The topological polar surface area (TPSA) is 61.8 Å². The molecule has 2 rings (SSSR count). The van der Waals surface area contributed by atoms with Gasteiger partial charge in [0.15, 0.2) is 0 Å². The highest BCUT2D eigenvalue weighted by molar-refractivity contribution is 6.30. The highest BCUT2D eigenvalue weighted by Crippen LogP contribution is 2.15. The Kier molecular flexibility index (Phi) is 6.29. The lowest BCUT2D eigenvalue weighted by molar-refractivity contribution is 0.0437. The normalized spacial score (nSPS) is 17.2. The van der Waals surface area contributed by atoms with E-state index in [4.69, 9.17) is 16.3 Å². The minimum absolute atomic E-state index is 0.0110. The molecule has 0 bridgehead atoms. The summed E-state index contributed by atoms with van der Waals surface area (Å²) >= 11 is 5.83. The minimum Gasteiger partial charge on any atom is -0.447 e. The Bertz CT molecular complexity index is 464. The highest BCUT2D eigenvalue weighted by Gasteiger charge is 2.16. The number of amides is 1. The first-order valence-electron chi connectivity index (χ1n) is 7.23. The molecule has 1 atom stereocenters. The maximum Gasteiger partial charge on any atom is 0.411 e. The van der Waals surface area contributed by atoms with Crippen molar-refractivity contribution in [3.63, 3.8) is 0 Å². The van der Waals surface area contributed by atoms with Crippen molar-refractivity contribution >= 4 is 23.4 Å². The van der Waals surface area contributed by atoms with E-state index in [1.807, 2.05) is 0 Å². The molecule has 21 heavy (non-hydrogen) atoms. The number of piperidine rings is 1. The van der Waals surface area contributed by atoms with Gasteiger partial charge in [-0.2, -0.15) is 0 Å². The van der Waals surface area contributed by atoms with Gasteiger partial charge in [-0.05, 0) is 44.1 Å². The van der Waals surface area contributed by atoms with E-state index in [1.165, 1.54) is 19.3 Å². The predicted octanol–water partition coefficient (Wildman–Crippen LogP) is 2.74. The second-order valence-electron chi connectivity index (χ2n) is 5.25. The van der Waals surface area contributed by atoms with E-state index in [9.17, 15) is 9.90 Å². The molecule has 1 aliphatic heterocycles. The Morgan fingerprint density at radius 1 is 1.38 bits per heavy atom. The molecular formula is C15H21ClN2O3. The van der Waals surface area contributed by atoms with Crippen LogP contribution >= 0.6 is 11.6 Å². The standard InChI is InChI=1S/C15H21ClN2O3/c16-12-5-4-6-13(9-12)17-15(20)21-11-14(19)10-18-7-2-1-3-8-18/h4-6,9,14,19H,1-3,7-8,10-11H2,(H,17,20)/t14-/m0/s1. The van der Waals surface area contributed by atoms with Gasteiger partial charge < -0.3 is 14.7 Å². The first kappa shape index (κ1) is 16.1. The maximum absolute atomic E-state index is 11.6. The lowest BCUT2D eigenvalue weighted by atomic mass is 10.1. The summed E-state index contributed by atoms with van der Waals surface area (Å²) in [4.78, 5) is 13.8. The van der Waals surface area contributed by atoms with Gasteiger partial charge in [0.1, 0.15) is 12.7 Å². The number of aliphatic hydroxyl groups excluding tert-OH is 1. The van der Waals surface area contributed by atoms with Crippen LogP contribution in [0.4, 0.5) is 10.5 Å². The van der Waals surface area contributed by atoms with Crippen molar-refractivity contribution in [2.45, 2.75) is 25.4 Å². The molecule has 1 amide bonds. The van der Waals surface area contributed by atoms with E-state index in [0.717, 1.165) is 13.1 Å². The van der Waals surface area contributed by atoms with Crippen LogP contribution in [0.5, 0.6) is 0 Å². The number of aliphatic hydroxyl groups is 1. The molecule has 0 unspecified atom stereocenters. The third-order valence-electron chi connectivity index (χ3n) is 3.40. The summed E-state index contributed by atoms with van der Waals surface area (Å²) in [7, 11) is 0. The van der Waals surface area contributed by atoms with Crippen LogP contribution in [-0.4, -0.2) is 48.4 Å². The minimum atomic E-state index is -0.659. The van der Waals surface area contributed by atoms with E-state index >= 15 is 0 Å². The first-order valence-corrected chi connectivity index (χ1v) is 7.61. The van der Waals surface area contributed by atoms with Gasteiger partial charge in [0.25, 0.3) is 0 Å². The van der Waals surface area contributed by atoms with Crippen molar-refractivity contribution in [2.24, 2.45) is 0 Å². The van der Waals surface area contributed by atoms with Crippen molar-refractivity contribution in [3.05, 3.63) is 29.3 Å². The number of β-amino-alcohol motifs (C(OH)–C–C–N with tert-alkyl or cyclic N) is 1. The van der Waals surface area contributed by atoms with Gasteiger partial charge in [0.05, 0.1) is 0 Å². The molecule has 0 radical (unpaired) electrons. The molecule has 1 aromatic carbocycles.